The van der Waals surface area contributed by atoms with Crippen LogP contribution in [-0.4, -0.2) is 55.3 Å². The maximum absolute atomic E-state index is 11.9. The second-order valence-electron chi connectivity index (χ2n) is 4.95. The molecule has 0 aromatic rings. The number of thioether (sulfide) groups is 1. The number of nitrogens with one attached hydrogen (secondary N) is 2. The maximum Gasteiger partial charge on any atom is 0.408 e. The Hall–Kier alpha value is -1.44. The summed E-state index contributed by atoms with van der Waals surface area (Å²) in [5.74, 6) is -0.652. The van der Waals surface area contributed by atoms with Gasteiger partial charge in [0, 0.05) is 5.75 Å². The molecule has 0 aliphatic rings. The van der Waals surface area contributed by atoms with Crippen LogP contribution in [0.4, 0.5) is 4.79 Å². The van der Waals surface area contributed by atoms with Gasteiger partial charge in [-0.05, 0) is 27.0 Å². The molecule has 0 unspecified atom stereocenters. The summed E-state index contributed by atoms with van der Waals surface area (Å²) in [7, 11) is 1.23. The van der Waals surface area contributed by atoms with Gasteiger partial charge < -0.3 is 20.1 Å². The summed E-state index contributed by atoms with van der Waals surface area (Å²) >= 11 is 1.39. The van der Waals surface area contributed by atoms with Gasteiger partial charge in [0.25, 0.3) is 0 Å². The molecule has 0 bridgehead atoms. The zero-order valence-electron chi connectivity index (χ0n) is 12.4. The molecule has 0 saturated carbocycles. The number of methoxy groups -OCH3 is 1. The molecule has 8 heteroatoms. The van der Waals surface area contributed by atoms with Crippen LogP contribution in [0, 0.1) is 0 Å². The molecule has 0 aromatic carbocycles. The van der Waals surface area contributed by atoms with Crippen LogP contribution in [0.25, 0.3) is 0 Å². The molecule has 0 spiro atoms. The number of carbonyl (C=O) groups excluding carboxylic acids is 3. The van der Waals surface area contributed by atoms with Crippen molar-refractivity contribution in [2.75, 3.05) is 25.7 Å². The van der Waals surface area contributed by atoms with Gasteiger partial charge in [0.05, 0.1) is 7.11 Å². The third-order valence-corrected chi connectivity index (χ3v) is 2.64. The Morgan fingerprint density at radius 1 is 1.25 bits per heavy atom. The lowest BCUT2D eigenvalue weighted by molar-refractivity contribution is -0.141. The predicted octanol–water partition coefficient (Wildman–Crippen LogP) is 0.532. The number of carbonyl (C=O) groups is 3. The molecule has 116 valence electrons. The van der Waals surface area contributed by atoms with Crippen LogP contribution >= 0.6 is 11.8 Å². The quantitative estimate of drug-likeness (QED) is 0.695. The standard InChI is InChI=1S/C12H22N2O5S/c1-12(2,3)19-11(17)14-8(7-20-5)10(16)13-6-9(15)18-4/h8H,6-7H2,1-5H3,(H,13,16)(H,14,17)/t8-/m0/s1. The number of ether oxygens (including phenoxy) is 2. The number of hydrogen-bond donors (Lipinski definition) is 2. The van der Waals surface area contributed by atoms with Gasteiger partial charge in [-0.1, -0.05) is 0 Å². The van der Waals surface area contributed by atoms with Crippen LogP contribution in [0.1, 0.15) is 20.8 Å². The maximum atomic E-state index is 11.9. The topological polar surface area (TPSA) is 93.7 Å². The number of alkyl carbamates (subject to hydrolysis) is 1. The van der Waals surface area contributed by atoms with Gasteiger partial charge in [0.15, 0.2) is 0 Å². The summed E-state index contributed by atoms with van der Waals surface area (Å²) in [6.07, 6.45) is 1.13. The van der Waals surface area contributed by atoms with E-state index in [1.165, 1.54) is 18.9 Å². The molecular formula is C12H22N2O5S. The monoisotopic (exact) mass is 306 g/mol. The van der Waals surface area contributed by atoms with Crippen molar-refractivity contribution in [1.82, 2.24) is 10.6 Å². The van der Waals surface area contributed by atoms with Gasteiger partial charge in [-0.15, -0.1) is 0 Å². The molecule has 0 aliphatic carbocycles. The fraction of sp³-hybridized carbons (Fsp3) is 0.750. The Morgan fingerprint density at radius 2 is 1.85 bits per heavy atom. The Labute approximate surface area is 123 Å². The third-order valence-electron chi connectivity index (χ3n) is 1.98. The smallest absolute Gasteiger partial charge is 0.408 e. The van der Waals surface area contributed by atoms with Crippen LogP contribution in [0.15, 0.2) is 0 Å². The zero-order chi connectivity index (χ0) is 15.8. The van der Waals surface area contributed by atoms with Gasteiger partial charge in [-0.25, -0.2) is 4.79 Å². The van der Waals surface area contributed by atoms with Crippen molar-refractivity contribution in [3.05, 3.63) is 0 Å². The Morgan fingerprint density at radius 3 is 2.30 bits per heavy atom. The highest BCUT2D eigenvalue weighted by atomic mass is 32.2. The van der Waals surface area contributed by atoms with E-state index in [2.05, 4.69) is 15.4 Å². The summed E-state index contributed by atoms with van der Waals surface area (Å²) in [5.41, 5.74) is -0.642. The van der Waals surface area contributed by atoms with Crippen molar-refractivity contribution in [3.8, 4) is 0 Å². The normalized spacial score (nSPS) is 12.2. The Bertz CT molecular complexity index is 354. The molecule has 0 heterocycles. The predicted molar refractivity (Wildman–Crippen MR) is 76.6 cm³/mol. The zero-order valence-corrected chi connectivity index (χ0v) is 13.3. The molecule has 0 aromatic heterocycles. The molecule has 0 fully saturated rings. The minimum absolute atomic E-state index is 0.240. The van der Waals surface area contributed by atoms with E-state index < -0.39 is 29.6 Å². The number of esters is 1. The molecular weight excluding hydrogens is 284 g/mol. The molecule has 0 saturated heterocycles. The van der Waals surface area contributed by atoms with Gasteiger partial charge in [0.2, 0.25) is 5.91 Å². The molecule has 0 aliphatic heterocycles. The largest absolute Gasteiger partial charge is 0.468 e. The first-order chi connectivity index (χ1) is 9.19. The van der Waals surface area contributed by atoms with E-state index in [1.54, 1.807) is 27.0 Å². The third kappa shape index (κ3) is 8.63. The van der Waals surface area contributed by atoms with Crippen LogP contribution < -0.4 is 10.6 Å². The minimum atomic E-state index is -0.774. The molecule has 0 rings (SSSR count). The van der Waals surface area contributed by atoms with Crippen LogP contribution in [0.3, 0.4) is 0 Å². The van der Waals surface area contributed by atoms with E-state index in [0.29, 0.717) is 5.75 Å². The lowest BCUT2D eigenvalue weighted by atomic mass is 10.2. The van der Waals surface area contributed by atoms with E-state index in [1.807, 2.05) is 0 Å². The SMILES string of the molecule is COC(=O)CNC(=O)[C@H](CSC)NC(=O)OC(C)(C)C. The van der Waals surface area contributed by atoms with Crippen molar-refractivity contribution in [2.45, 2.75) is 32.4 Å². The fourth-order valence-electron chi connectivity index (χ4n) is 1.15. The van der Waals surface area contributed by atoms with Crippen molar-refractivity contribution >= 4 is 29.7 Å². The van der Waals surface area contributed by atoms with Crippen molar-refractivity contribution in [1.29, 1.82) is 0 Å². The Kier molecular flexibility index (Phi) is 8.05. The molecule has 1 atom stereocenters. The van der Waals surface area contributed by atoms with Crippen LogP contribution in [0.2, 0.25) is 0 Å². The fourth-order valence-corrected chi connectivity index (χ4v) is 1.72. The summed E-state index contributed by atoms with van der Waals surface area (Å²) in [6, 6.07) is -0.774. The summed E-state index contributed by atoms with van der Waals surface area (Å²) < 4.78 is 9.50. The average Bonchev–Trinajstić information content (AvgIpc) is 2.32. The summed E-state index contributed by atoms with van der Waals surface area (Å²) in [4.78, 5) is 34.4. The van der Waals surface area contributed by atoms with E-state index in [-0.39, 0.29) is 6.54 Å². The molecule has 7 nitrogen and oxygen atoms in total. The van der Waals surface area contributed by atoms with Crippen LogP contribution in [0.5, 0.6) is 0 Å². The molecule has 2 amide bonds. The van der Waals surface area contributed by atoms with Gasteiger partial charge in [-0.2, -0.15) is 11.8 Å². The highest BCUT2D eigenvalue weighted by Crippen LogP contribution is 2.07. The highest BCUT2D eigenvalue weighted by Gasteiger charge is 2.24. The molecule has 0 radical (unpaired) electrons. The molecule has 20 heavy (non-hydrogen) atoms. The van der Waals surface area contributed by atoms with E-state index in [9.17, 15) is 14.4 Å². The van der Waals surface area contributed by atoms with E-state index >= 15 is 0 Å². The van der Waals surface area contributed by atoms with Crippen molar-refractivity contribution in [3.63, 3.8) is 0 Å². The first kappa shape index (κ1) is 18.6. The van der Waals surface area contributed by atoms with Crippen molar-refractivity contribution < 1.29 is 23.9 Å². The Balaban J connectivity index is 4.44. The van der Waals surface area contributed by atoms with E-state index in [4.69, 9.17) is 4.74 Å². The molecule has 2 N–H and O–H groups in total. The minimum Gasteiger partial charge on any atom is -0.468 e. The summed E-state index contributed by atoms with van der Waals surface area (Å²) in [5, 5.41) is 4.86. The van der Waals surface area contributed by atoms with Gasteiger partial charge >= 0.3 is 12.1 Å². The van der Waals surface area contributed by atoms with Crippen LogP contribution in [-0.2, 0) is 19.1 Å². The second kappa shape index (κ2) is 8.68. The van der Waals surface area contributed by atoms with Gasteiger partial charge in [-0.3, -0.25) is 9.59 Å². The summed E-state index contributed by atoms with van der Waals surface area (Å²) in [6.45, 7) is 4.95. The van der Waals surface area contributed by atoms with E-state index in [0.717, 1.165) is 0 Å². The lowest BCUT2D eigenvalue weighted by Gasteiger charge is -2.22. The number of amides is 2. The average molecular weight is 306 g/mol. The highest BCUT2D eigenvalue weighted by molar-refractivity contribution is 7.98. The van der Waals surface area contributed by atoms with Gasteiger partial charge in [0.1, 0.15) is 18.2 Å². The first-order valence-electron chi connectivity index (χ1n) is 6.02. The second-order valence-corrected chi connectivity index (χ2v) is 5.86. The number of hydrogen-bond acceptors (Lipinski definition) is 6. The van der Waals surface area contributed by atoms with Crippen molar-refractivity contribution in [2.24, 2.45) is 0 Å². The lowest BCUT2D eigenvalue weighted by Crippen LogP contribution is -2.50. The number of rotatable bonds is 6. The first-order valence-corrected chi connectivity index (χ1v) is 7.42.